The van der Waals surface area contributed by atoms with Gasteiger partial charge in [-0.3, -0.25) is 14.6 Å². The summed E-state index contributed by atoms with van der Waals surface area (Å²) in [6, 6.07) is 0. The summed E-state index contributed by atoms with van der Waals surface area (Å²) in [5, 5.41) is 10.8. The van der Waals surface area contributed by atoms with Gasteiger partial charge in [0.1, 0.15) is 10.6 Å². The van der Waals surface area contributed by atoms with Crippen LogP contribution in [0.4, 0.5) is 0 Å². The van der Waals surface area contributed by atoms with Crippen molar-refractivity contribution in [2.24, 2.45) is 0 Å². The summed E-state index contributed by atoms with van der Waals surface area (Å²) in [5.41, 5.74) is 0.697. The molecule has 2 aromatic rings. The van der Waals surface area contributed by atoms with Crippen LogP contribution >= 0.6 is 11.6 Å². The molecule has 1 N–H and O–H groups in total. The van der Waals surface area contributed by atoms with E-state index in [2.05, 4.69) is 15.3 Å². The van der Waals surface area contributed by atoms with E-state index in [9.17, 15) is 13.2 Å². The second-order valence-corrected chi connectivity index (χ2v) is 8.04. The fraction of sp³-hybridized carbons (Fsp3) is 0.500. The van der Waals surface area contributed by atoms with Gasteiger partial charge < -0.3 is 4.90 Å². The molecule has 25 heavy (non-hydrogen) atoms. The van der Waals surface area contributed by atoms with Gasteiger partial charge in [0.2, 0.25) is 10.0 Å². The minimum absolute atomic E-state index is 0.214. The molecule has 0 saturated carbocycles. The normalized spacial score (nSPS) is 16.4. The Hall–Kier alpha value is -1.91. The maximum Gasteiger partial charge on any atom is 0.273 e. The molecule has 0 aromatic carbocycles. The molecule has 11 heteroatoms. The summed E-state index contributed by atoms with van der Waals surface area (Å²) in [5.74, 6) is -0.283. The number of carbonyl (C=O) groups is 1. The van der Waals surface area contributed by atoms with Gasteiger partial charge in [0, 0.05) is 38.9 Å². The summed E-state index contributed by atoms with van der Waals surface area (Å²) < 4.78 is 28.6. The molecular formula is C14H19ClN6O3S. The first kappa shape index (κ1) is 17.9. The van der Waals surface area contributed by atoms with Crippen LogP contribution in [0, 0.1) is 6.92 Å². The Bertz CT molecular complexity index is 882. The zero-order valence-electron chi connectivity index (χ0n) is 13.9. The predicted molar refractivity (Wildman–Crippen MR) is 90.9 cm³/mol. The molecular weight excluding hydrogens is 368 g/mol. The Morgan fingerprint density at radius 1 is 1.32 bits per heavy atom. The topological polar surface area (TPSA) is 104 Å². The van der Waals surface area contributed by atoms with Crippen molar-refractivity contribution in [1.29, 1.82) is 0 Å². The molecule has 0 unspecified atom stereocenters. The highest BCUT2D eigenvalue weighted by atomic mass is 35.5. The first-order chi connectivity index (χ1) is 11.8. The number of amides is 1. The molecule has 0 aliphatic carbocycles. The van der Waals surface area contributed by atoms with Crippen molar-refractivity contribution in [3.8, 4) is 0 Å². The number of aryl methyl sites for hydroxylation is 2. The molecule has 136 valence electrons. The summed E-state index contributed by atoms with van der Waals surface area (Å²) in [6.45, 7) is 5.19. The van der Waals surface area contributed by atoms with Gasteiger partial charge in [-0.05, 0) is 13.8 Å². The largest absolute Gasteiger partial charge is 0.335 e. The highest BCUT2D eigenvalue weighted by molar-refractivity contribution is 7.89. The van der Waals surface area contributed by atoms with E-state index < -0.39 is 10.0 Å². The predicted octanol–water partition coefficient (Wildman–Crippen LogP) is 0.735. The number of hydrogen-bond acceptors (Lipinski definition) is 5. The number of H-pyrrole nitrogens is 1. The van der Waals surface area contributed by atoms with Crippen LogP contribution in [0.25, 0.3) is 0 Å². The fourth-order valence-corrected chi connectivity index (χ4v) is 4.53. The van der Waals surface area contributed by atoms with Crippen molar-refractivity contribution < 1.29 is 13.2 Å². The molecule has 0 atom stereocenters. The monoisotopic (exact) mass is 386 g/mol. The third-order valence-corrected chi connectivity index (χ3v) is 6.46. The van der Waals surface area contributed by atoms with Crippen molar-refractivity contribution in [3.63, 3.8) is 0 Å². The average Bonchev–Trinajstić information content (AvgIpc) is 3.20. The molecule has 3 heterocycles. The Balaban J connectivity index is 1.72. The molecule has 3 rings (SSSR count). The van der Waals surface area contributed by atoms with Crippen LogP contribution in [0.1, 0.15) is 23.1 Å². The van der Waals surface area contributed by atoms with Gasteiger partial charge in [0.25, 0.3) is 5.91 Å². The van der Waals surface area contributed by atoms with Gasteiger partial charge in [0.05, 0.1) is 16.9 Å². The second kappa shape index (κ2) is 6.77. The van der Waals surface area contributed by atoms with Gasteiger partial charge in [-0.1, -0.05) is 11.6 Å². The molecule has 0 spiro atoms. The summed E-state index contributed by atoms with van der Waals surface area (Å²) in [6.07, 6.45) is 2.91. The molecule has 1 aliphatic rings. The quantitative estimate of drug-likeness (QED) is 0.834. The molecule has 1 aliphatic heterocycles. The molecule has 1 saturated heterocycles. The Morgan fingerprint density at radius 3 is 2.52 bits per heavy atom. The van der Waals surface area contributed by atoms with Crippen molar-refractivity contribution in [3.05, 3.63) is 28.8 Å². The van der Waals surface area contributed by atoms with Crippen molar-refractivity contribution >= 4 is 27.5 Å². The maximum atomic E-state index is 12.8. The molecule has 0 radical (unpaired) electrons. The number of sulfonamides is 1. The molecule has 2 aromatic heterocycles. The number of hydrogen-bond donors (Lipinski definition) is 1. The number of carbonyl (C=O) groups excluding carboxylic acids is 1. The minimum Gasteiger partial charge on any atom is -0.335 e. The molecule has 1 fully saturated rings. The lowest BCUT2D eigenvalue weighted by Gasteiger charge is -2.33. The number of halogens is 1. The Morgan fingerprint density at radius 2 is 2.00 bits per heavy atom. The summed E-state index contributed by atoms with van der Waals surface area (Å²) in [4.78, 5) is 14.2. The average molecular weight is 387 g/mol. The van der Waals surface area contributed by atoms with Crippen LogP contribution in [0.5, 0.6) is 0 Å². The van der Waals surface area contributed by atoms with Crippen LogP contribution in [0.15, 0.2) is 17.3 Å². The molecule has 1 amide bonds. The summed E-state index contributed by atoms with van der Waals surface area (Å²) >= 11 is 5.91. The Labute approximate surface area is 150 Å². The number of piperazine rings is 1. The van der Waals surface area contributed by atoms with Gasteiger partial charge in [0.15, 0.2) is 0 Å². The Kier molecular flexibility index (Phi) is 4.85. The number of rotatable bonds is 4. The van der Waals surface area contributed by atoms with Crippen molar-refractivity contribution in [2.45, 2.75) is 25.3 Å². The van der Waals surface area contributed by atoms with E-state index in [-0.39, 0.29) is 47.7 Å². The van der Waals surface area contributed by atoms with Crippen LogP contribution in [0.2, 0.25) is 5.02 Å². The van der Waals surface area contributed by atoms with Gasteiger partial charge in [-0.25, -0.2) is 8.42 Å². The van der Waals surface area contributed by atoms with E-state index in [0.717, 1.165) is 0 Å². The number of aromatic nitrogens is 4. The number of nitrogens with one attached hydrogen (secondary N) is 1. The molecule has 9 nitrogen and oxygen atoms in total. The standard InChI is InChI=1S/C14H19ClN6O3S/c1-3-20-9-12(10(2)18-20)25(23,24)21-6-4-19(5-7-21)14(22)13-11(15)8-16-17-13/h8-9H,3-7H2,1-2H3,(H,16,17). The van der Waals surface area contributed by atoms with E-state index >= 15 is 0 Å². The minimum atomic E-state index is -3.63. The van der Waals surface area contributed by atoms with E-state index in [4.69, 9.17) is 11.6 Å². The maximum absolute atomic E-state index is 12.8. The molecule has 0 bridgehead atoms. The van der Waals surface area contributed by atoms with E-state index in [1.165, 1.54) is 10.5 Å². The third-order valence-electron chi connectivity index (χ3n) is 4.18. The van der Waals surface area contributed by atoms with Gasteiger partial charge in [-0.15, -0.1) is 0 Å². The number of aromatic amines is 1. The fourth-order valence-electron chi connectivity index (χ4n) is 2.77. The zero-order chi connectivity index (χ0) is 18.2. The van der Waals surface area contributed by atoms with E-state index in [1.54, 1.807) is 22.7 Å². The van der Waals surface area contributed by atoms with Crippen molar-refractivity contribution in [2.75, 3.05) is 26.2 Å². The highest BCUT2D eigenvalue weighted by Crippen LogP contribution is 2.21. The second-order valence-electron chi connectivity index (χ2n) is 5.72. The summed E-state index contributed by atoms with van der Waals surface area (Å²) in [7, 11) is -3.63. The highest BCUT2D eigenvalue weighted by Gasteiger charge is 2.33. The van der Waals surface area contributed by atoms with Crippen molar-refractivity contribution in [1.82, 2.24) is 29.2 Å². The third kappa shape index (κ3) is 3.29. The van der Waals surface area contributed by atoms with E-state index in [0.29, 0.717) is 12.2 Å². The van der Waals surface area contributed by atoms with Gasteiger partial charge >= 0.3 is 0 Å². The smallest absolute Gasteiger partial charge is 0.273 e. The van der Waals surface area contributed by atoms with Crippen LogP contribution in [0.3, 0.4) is 0 Å². The first-order valence-electron chi connectivity index (χ1n) is 7.87. The van der Waals surface area contributed by atoms with Crippen LogP contribution in [-0.4, -0.2) is 69.7 Å². The lowest BCUT2D eigenvalue weighted by Crippen LogP contribution is -2.50. The lowest BCUT2D eigenvalue weighted by atomic mass is 10.3. The van der Waals surface area contributed by atoms with Crippen LogP contribution in [-0.2, 0) is 16.6 Å². The number of nitrogens with zero attached hydrogens (tertiary/aromatic N) is 5. The SMILES string of the molecule is CCn1cc(S(=O)(=O)N2CCN(C(=O)c3[nH]ncc3Cl)CC2)c(C)n1. The zero-order valence-corrected chi connectivity index (χ0v) is 15.5. The first-order valence-corrected chi connectivity index (χ1v) is 9.68. The van der Waals surface area contributed by atoms with Gasteiger partial charge in [-0.2, -0.15) is 14.5 Å². The lowest BCUT2D eigenvalue weighted by molar-refractivity contribution is 0.0692. The van der Waals surface area contributed by atoms with E-state index in [1.807, 2.05) is 6.92 Å². The van der Waals surface area contributed by atoms with Crippen LogP contribution < -0.4 is 0 Å².